The van der Waals surface area contributed by atoms with Crippen LogP contribution in [0.1, 0.15) is 5.56 Å². The Hall–Kier alpha value is -3.40. The lowest BCUT2D eigenvalue weighted by atomic mass is 10.2. The van der Waals surface area contributed by atoms with Crippen molar-refractivity contribution in [2.24, 2.45) is 0 Å². The maximum Gasteiger partial charge on any atom is 0.277 e. The number of amides is 1. The molecule has 1 heterocycles. The molecule has 0 radical (unpaired) electrons. The number of carbonyl (C=O) groups is 1. The lowest BCUT2D eigenvalue weighted by Crippen LogP contribution is -2.15. The van der Waals surface area contributed by atoms with Crippen LogP contribution in [0.25, 0.3) is 11.5 Å². The van der Waals surface area contributed by atoms with Crippen molar-refractivity contribution < 1.29 is 18.9 Å². The van der Waals surface area contributed by atoms with Crippen molar-refractivity contribution in [3.63, 3.8) is 0 Å². The van der Waals surface area contributed by atoms with E-state index in [1.807, 2.05) is 6.07 Å². The van der Waals surface area contributed by atoms with Crippen molar-refractivity contribution in [1.29, 1.82) is 0 Å². The second-order valence-corrected chi connectivity index (χ2v) is 6.62. The van der Waals surface area contributed by atoms with Crippen LogP contribution in [0.2, 0.25) is 0 Å². The highest BCUT2D eigenvalue weighted by Crippen LogP contribution is 2.26. The summed E-state index contributed by atoms with van der Waals surface area (Å²) in [5, 5.41) is 21.7. The molecule has 3 aromatic rings. The number of nitrogens with zero attached hydrogens (tertiary/aromatic N) is 3. The second-order valence-electron chi connectivity index (χ2n) is 5.70. The maximum atomic E-state index is 12.2. The number of carbonyl (C=O) groups excluding carboxylic acids is 1. The zero-order valence-electron chi connectivity index (χ0n) is 15.0. The number of aromatic nitrogens is 2. The molecule has 0 aliphatic rings. The molecule has 1 N–H and O–H groups in total. The van der Waals surface area contributed by atoms with Crippen molar-refractivity contribution in [3.05, 3.63) is 58.1 Å². The van der Waals surface area contributed by atoms with Crippen molar-refractivity contribution in [1.82, 2.24) is 10.2 Å². The first-order valence-corrected chi connectivity index (χ1v) is 9.10. The topological polar surface area (TPSA) is 120 Å². The molecule has 9 nitrogen and oxygen atoms in total. The number of anilines is 1. The van der Waals surface area contributed by atoms with Gasteiger partial charge in [-0.1, -0.05) is 23.9 Å². The van der Waals surface area contributed by atoms with Crippen LogP contribution in [0.15, 0.2) is 52.1 Å². The van der Waals surface area contributed by atoms with Gasteiger partial charge in [0.05, 0.1) is 23.5 Å². The number of ether oxygens (including phenoxy) is 1. The molecule has 1 amide bonds. The molecular formula is C18H16N4O5S. The molecule has 0 aliphatic carbocycles. The molecule has 0 spiro atoms. The Morgan fingerprint density at radius 2 is 2.11 bits per heavy atom. The SMILES string of the molecule is COc1cccc(-c2nnc(SCC(=O)Nc3cc([N+](=O)[O-])ccc3C)o2)c1. The van der Waals surface area contributed by atoms with Gasteiger partial charge in [0.2, 0.25) is 11.8 Å². The van der Waals surface area contributed by atoms with Gasteiger partial charge in [0.15, 0.2) is 0 Å². The Kier molecular flexibility index (Phi) is 5.90. The Balaban J connectivity index is 1.62. The number of benzene rings is 2. The second kappa shape index (κ2) is 8.53. The molecule has 0 bridgehead atoms. The van der Waals surface area contributed by atoms with Crippen LogP contribution in [0, 0.1) is 17.0 Å². The van der Waals surface area contributed by atoms with Gasteiger partial charge >= 0.3 is 0 Å². The largest absolute Gasteiger partial charge is 0.497 e. The highest BCUT2D eigenvalue weighted by molar-refractivity contribution is 7.99. The van der Waals surface area contributed by atoms with Gasteiger partial charge < -0.3 is 14.5 Å². The van der Waals surface area contributed by atoms with E-state index in [-0.39, 0.29) is 22.6 Å². The van der Waals surface area contributed by atoms with E-state index in [9.17, 15) is 14.9 Å². The average Bonchev–Trinajstić information content (AvgIpc) is 3.17. The molecule has 1 aromatic heterocycles. The van der Waals surface area contributed by atoms with Crippen LogP contribution >= 0.6 is 11.8 Å². The van der Waals surface area contributed by atoms with Gasteiger partial charge in [-0.3, -0.25) is 14.9 Å². The molecule has 28 heavy (non-hydrogen) atoms. The molecule has 0 fully saturated rings. The number of hydrogen-bond acceptors (Lipinski definition) is 8. The molecular weight excluding hydrogens is 384 g/mol. The minimum atomic E-state index is -0.512. The number of aryl methyl sites for hydroxylation is 1. The highest BCUT2D eigenvalue weighted by Gasteiger charge is 2.14. The summed E-state index contributed by atoms with van der Waals surface area (Å²) in [4.78, 5) is 22.5. The summed E-state index contributed by atoms with van der Waals surface area (Å²) in [5.41, 5.74) is 1.73. The number of non-ortho nitro benzene ring substituents is 1. The lowest BCUT2D eigenvalue weighted by Gasteiger charge is -2.07. The van der Waals surface area contributed by atoms with Gasteiger partial charge in [0.1, 0.15) is 5.75 Å². The summed E-state index contributed by atoms with van der Waals surface area (Å²) in [7, 11) is 1.57. The van der Waals surface area contributed by atoms with Gasteiger partial charge in [-0.05, 0) is 30.7 Å². The molecule has 3 rings (SSSR count). The van der Waals surface area contributed by atoms with Gasteiger partial charge in [-0.25, -0.2) is 0 Å². The van der Waals surface area contributed by atoms with Gasteiger partial charge in [0.25, 0.3) is 10.9 Å². The number of nitro groups is 1. The first-order valence-electron chi connectivity index (χ1n) is 8.12. The first-order chi connectivity index (χ1) is 13.5. The summed E-state index contributed by atoms with van der Waals surface area (Å²) in [6.07, 6.45) is 0. The molecule has 0 saturated carbocycles. The Labute approximate surface area is 164 Å². The predicted molar refractivity (Wildman–Crippen MR) is 103 cm³/mol. The van der Waals surface area contributed by atoms with Crippen molar-refractivity contribution in [3.8, 4) is 17.2 Å². The number of thioether (sulfide) groups is 1. The lowest BCUT2D eigenvalue weighted by molar-refractivity contribution is -0.384. The standard InChI is InChI=1S/C18H16N4O5S/c1-11-6-7-13(22(24)25)9-15(11)19-16(23)10-28-18-21-20-17(27-18)12-4-3-5-14(8-12)26-2/h3-9H,10H2,1-2H3,(H,19,23). The van der Waals surface area contributed by atoms with Crippen LogP contribution in [0.5, 0.6) is 5.75 Å². The predicted octanol–water partition coefficient (Wildman–Crippen LogP) is 3.69. The number of rotatable bonds is 7. The van der Waals surface area contributed by atoms with E-state index in [0.717, 1.165) is 17.3 Å². The fraction of sp³-hybridized carbons (Fsp3) is 0.167. The van der Waals surface area contributed by atoms with E-state index in [4.69, 9.17) is 9.15 Å². The number of nitrogens with one attached hydrogen (secondary N) is 1. The summed E-state index contributed by atoms with van der Waals surface area (Å²) >= 11 is 1.07. The Morgan fingerprint density at radius 3 is 2.86 bits per heavy atom. The summed E-state index contributed by atoms with van der Waals surface area (Å²) < 4.78 is 10.7. The third kappa shape index (κ3) is 4.65. The van der Waals surface area contributed by atoms with E-state index < -0.39 is 4.92 Å². The third-order valence-corrected chi connectivity index (χ3v) is 4.57. The third-order valence-electron chi connectivity index (χ3n) is 3.76. The first kappa shape index (κ1) is 19.4. The average molecular weight is 400 g/mol. The summed E-state index contributed by atoms with van der Waals surface area (Å²) in [6, 6.07) is 11.5. The van der Waals surface area contributed by atoms with Gasteiger partial charge in [0, 0.05) is 17.7 Å². The van der Waals surface area contributed by atoms with Crippen molar-refractivity contribution >= 4 is 29.0 Å². The molecule has 2 aromatic carbocycles. The number of nitro benzene ring substituents is 1. The number of methoxy groups -OCH3 is 1. The van der Waals surface area contributed by atoms with E-state index in [1.165, 1.54) is 12.1 Å². The van der Waals surface area contributed by atoms with Crippen LogP contribution in [-0.4, -0.2) is 33.9 Å². The molecule has 0 unspecified atom stereocenters. The fourth-order valence-corrected chi connectivity index (χ4v) is 2.88. The fourth-order valence-electron chi connectivity index (χ4n) is 2.31. The van der Waals surface area contributed by atoms with E-state index in [2.05, 4.69) is 15.5 Å². The highest BCUT2D eigenvalue weighted by atomic mass is 32.2. The molecule has 0 saturated heterocycles. The van der Waals surface area contributed by atoms with E-state index >= 15 is 0 Å². The zero-order chi connectivity index (χ0) is 20.1. The van der Waals surface area contributed by atoms with Gasteiger partial charge in [-0.2, -0.15) is 0 Å². The molecule has 0 aliphatic heterocycles. The molecule has 0 atom stereocenters. The van der Waals surface area contributed by atoms with Crippen molar-refractivity contribution in [2.75, 3.05) is 18.2 Å². The van der Waals surface area contributed by atoms with Crippen LogP contribution in [-0.2, 0) is 4.79 Å². The maximum absolute atomic E-state index is 12.2. The Morgan fingerprint density at radius 1 is 1.29 bits per heavy atom. The van der Waals surface area contributed by atoms with E-state index in [0.29, 0.717) is 22.9 Å². The van der Waals surface area contributed by atoms with E-state index in [1.54, 1.807) is 38.3 Å². The van der Waals surface area contributed by atoms with Crippen LogP contribution < -0.4 is 10.1 Å². The summed E-state index contributed by atoms with van der Waals surface area (Å²) in [5.74, 6) is 0.657. The molecule has 10 heteroatoms. The Bertz CT molecular complexity index is 1020. The minimum Gasteiger partial charge on any atom is -0.497 e. The smallest absolute Gasteiger partial charge is 0.277 e. The monoisotopic (exact) mass is 400 g/mol. The minimum absolute atomic E-state index is 0.0158. The normalized spacial score (nSPS) is 10.5. The van der Waals surface area contributed by atoms with Crippen LogP contribution in [0.3, 0.4) is 0 Å². The van der Waals surface area contributed by atoms with Crippen LogP contribution in [0.4, 0.5) is 11.4 Å². The quantitative estimate of drug-likeness (QED) is 0.362. The number of hydrogen-bond donors (Lipinski definition) is 1. The van der Waals surface area contributed by atoms with Gasteiger partial charge in [-0.15, -0.1) is 10.2 Å². The van der Waals surface area contributed by atoms with Crippen molar-refractivity contribution in [2.45, 2.75) is 12.1 Å². The zero-order valence-corrected chi connectivity index (χ0v) is 15.9. The molecule has 144 valence electrons. The summed E-state index contributed by atoms with van der Waals surface area (Å²) in [6.45, 7) is 1.75.